The van der Waals surface area contributed by atoms with Crippen molar-refractivity contribution < 1.29 is 0 Å². The topological polar surface area (TPSA) is 12.9 Å². The molecule has 0 bridgehead atoms. The minimum Gasteiger partial charge on any atom is -0.256 e. The average Bonchev–Trinajstić information content (AvgIpc) is 2.48. The van der Waals surface area contributed by atoms with E-state index in [-0.39, 0.29) is 0 Å². The summed E-state index contributed by atoms with van der Waals surface area (Å²) in [6.07, 6.45) is 5.40. The number of pyridine rings is 1. The van der Waals surface area contributed by atoms with Crippen LogP contribution in [0.3, 0.4) is 0 Å². The van der Waals surface area contributed by atoms with E-state index in [0.29, 0.717) is 0 Å². The number of hydrogen-bond acceptors (Lipinski definition) is 1. The highest BCUT2D eigenvalue weighted by molar-refractivity contribution is 5.78. The Balaban J connectivity index is 1.65. The van der Waals surface area contributed by atoms with E-state index in [4.69, 9.17) is 0 Å². The van der Waals surface area contributed by atoms with E-state index in [0.717, 1.165) is 18.4 Å². The molecule has 0 aliphatic heterocycles. The molecule has 2 aromatic carbocycles. The monoisotopic (exact) mass is 247 g/mol. The first-order valence-corrected chi connectivity index (χ1v) is 6.79. The summed E-state index contributed by atoms with van der Waals surface area (Å²) in [4.78, 5) is 4.51. The van der Waals surface area contributed by atoms with Crippen LogP contribution < -0.4 is 0 Å². The Morgan fingerprint density at radius 2 is 1.47 bits per heavy atom. The van der Waals surface area contributed by atoms with Crippen LogP contribution in [0.1, 0.15) is 17.5 Å². The summed E-state index contributed by atoms with van der Waals surface area (Å²) in [5.74, 6) is 0. The lowest BCUT2D eigenvalue weighted by Gasteiger charge is -2.04. The normalized spacial score (nSPS) is 10.7. The number of para-hydroxylation sites is 1. The second-order valence-corrected chi connectivity index (χ2v) is 4.88. The van der Waals surface area contributed by atoms with E-state index >= 15 is 0 Å². The quantitative estimate of drug-likeness (QED) is 0.665. The maximum Gasteiger partial charge on any atom is 0.0702 e. The molecular weight excluding hydrogens is 230 g/mol. The molecule has 19 heavy (non-hydrogen) atoms. The molecule has 0 saturated heterocycles. The molecule has 0 aliphatic carbocycles. The Labute approximate surface area is 113 Å². The predicted octanol–water partition coefficient (Wildman–Crippen LogP) is 4.41. The Kier molecular flexibility index (Phi) is 3.55. The number of benzene rings is 2. The lowest BCUT2D eigenvalue weighted by molar-refractivity contribution is 0.819. The van der Waals surface area contributed by atoms with Crippen molar-refractivity contribution in [1.82, 2.24) is 4.98 Å². The Bertz CT molecular complexity index is 659. The second-order valence-electron chi connectivity index (χ2n) is 4.88. The number of hydrogen-bond donors (Lipinski definition) is 0. The van der Waals surface area contributed by atoms with Gasteiger partial charge in [0.1, 0.15) is 0 Å². The molecule has 0 spiro atoms. The molecule has 1 aromatic heterocycles. The van der Waals surface area contributed by atoms with Gasteiger partial charge < -0.3 is 0 Å². The molecule has 0 radical (unpaired) electrons. The Morgan fingerprint density at radius 1 is 0.737 bits per heavy atom. The summed E-state index contributed by atoms with van der Waals surface area (Å²) >= 11 is 0. The molecule has 0 fully saturated rings. The van der Waals surface area contributed by atoms with Crippen molar-refractivity contribution in [2.24, 2.45) is 0 Å². The van der Waals surface area contributed by atoms with Crippen molar-refractivity contribution in [3.05, 3.63) is 78.0 Å². The third-order valence-electron chi connectivity index (χ3n) is 3.42. The summed E-state index contributed by atoms with van der Waals surface area (Å²) in [7, 11) is 0. The summed E-state index contributed by atoms with van der Waals surface area (Å²) < 4.78 is 0. The van der Waals surface area contributed by atoms with E-state index in [9.17, 15) is 0 Å². The van der Waals surface area contributed by atoms with Gasteiger partial charge in [-0.3, -0.25) is 4.98 Å². The van der Waals surface area contributed by atoms with Crippen LogP contribution in [0.2, 0.25) is 0 Å². The van der Waals surface area contributed by atoms with Gasteiger partial charge in [-0.15, -0.1) is 0 Å². The fourth-order valence-electron chi connectivity index (χ4n) is 2.39. The minimum atomic E-state index is 1.08. The van der Waals surface area contributed by atoms with Gasteiger partial charge in [-0.1, -0.05) is 48.5 Å². The highest BCUT2D eigenvalue weighted by Crippen LogP contribution is 2.14. The summed E-state index contributed by atoms with van der Waals surface area (Å²) in [6, 6.07) is 21.2. The predicted molar refractivity (Wildman–Crippen MR) is 80.2 cm³/mol. The molecule has 0 N–H and O–H groups in total. The zero-order valence-electron chi connectivity index (χ0n) is 10.9. The number of aromatic nitrogens is 1. The fourth-order valence-corrected chi connectivity index (χ4v) is 2.39. The summed E-state index contributed by atoms with van der Waals surface area (Å²) in [5.41, 5.74) is 3.82. The van der Waals surface area contributed by atoms with E-state index in [1.54, 1.807) is 0 Å². The van der Waals surface area contributed by atoms with Crippen LogP contribution in [0, 0.1) is 0 Å². The molecule has 0 saturated carbocycles. The van der Waals surface area contributed by atoms with Crippen LogP contribution in [0.5, 0.6) is 0 Å². The molecule has 1 heterocycles. The first kappa shape index (κ1) is 11.9. The van der Waals surface area contributed by atoms with Crippen molar-refractivity contribution in [2.45, 2.75) is 19.3 Å². The number of aryl methyl sites for hydroxylation is 2. The molecule has 3 rings (SSSR count). The van der Waals surface area contributed by atoms with Gasteiger partial charge in [0.2, 0.25) is 0 Å². The average molecular weight is 247 g/mol. The second kappa shape index (κ2) is 5.66. The number of rotatable bonds is 4. The van der Waals surface area contributed by atoms with Crippen LogP contribution in [0.15, 0.2) is 66.9 Å². The third kappa shape index (κ3) is 3.00. The number of fused-ring (bicyclic) bond motifs is 1. The van der Waals surface area contributed by atoms with Crippen molar-refractivity contribution >= 4 is 10.9 Å². The van der Waals surface area contributed by atoms with E-state index < -0.39 is 0 Å². The molecule has 1 heteroatoms. The summed E-state index contributed by atoms with van der Waals surface area (Å²) in [6.45, 7) is 0. The van der Waals surface area contributed by atoms with Gasteiger partial charge in [-0.05, 0) is 42.5 Å². The smallest absolute Gasteiger partial charge is 0.0702 e. The maximum absolute atomic E-state index is 4.51. The number of nitrogens with zero attached hydrogens (tertiary/aromatic N) is 1. The first-order valence-electron chi connectivity index (χ1n) is 6.79. The van der Waals surface area contributed by atoms with Crippen LogP contribution >= 0.6 is 0 Å². The SMILES string of the molecule is c1ccc(CCCc2cnc3ccccc3c2)cc1. The van der Waals surface area contributed by atoms with Crippen molar-refractivity contribution in [3.8, 4) is 0 Å². The van der Waals surface area contributed by atoms with Gasteiger partial charge in [-0.25, -0.2) is 0 Å². The van der Waals surface area contributed by atoms with Crippen LogP contribution in [-0.4, -0.2) is 4.98 Å². The lowest BCUT2D eigenvalue weighted by Crippen LogP contribution is -1.91. The minimum absolute atomic E-state index is 1.08. The standard InChI is InChI=1S/C18H17N/c1-2-7-15(8-3-1)9-6-10-16-13-17-11-4-5-12-18(17)19-14-16/h1-5,7-8,11-14H,6,9-10H2. The molecular formula is C18H17N. The van der Waals surface area contributed by atoms with E-state index in [1.807, 2.05) is 12.3 Å². The van der Waals surface area contributed by atoms with Crippen LogP contribution in [0.4, 0.5) is 0 Å². The van der Waals surface area contributed by atoms with Crippen LogP contribution in [0.25, 0.3) is 10.9 Å². The van der Waals surface area contributed by atoms with Gasteiger partial charge in [0, 0.05) is 11.6 Å². The Morgan fingerprint density at radius 3 is 2.37 bits per heavy atom. The largest absolute Gasteiger partial charge is 0.256 e. The molecule has 0 unspecified atom stereocenters. The van der Waals surface area contributed by atoms with Crippen molar-refractivity contribution in [1.29, 1.82) is 0 Å². The molecule has 1 nitrogen and oxygen atoms in total. The van der Waals surface area contributed by atoms with Crippen molar-refractivity contribution in [2.75, 3.05) is 0 Å². The van der Waals surface area contributed by atoms with E-state index in [1.165, 1.54) is 22.9 Å². The molecule has 0 amide bonds. The van der Waals surface area contributed by atoms with Gasteiger partial charge in [0.15, 0.2) is 0 Å². The van der Waals surface area contributed by atoms with Gasteiger partial charge >= 0.3 is 0 Å². The van der Waals surface area contributed by atoms with Gasteiger partial charge in [0.05, 0.1) is 5.52 Å². The lowest BCUT2D eigenvalue weighted by atomic mass is 10.0. The Hall–Kier alpha value is -2.15. The molecule has 0 atom stereocenters. The zero-order valence-corrected chi connectivity index (χ0v) is 10.9. The third-order valence-corrected chi connectivity index (χ3v) is 3.42. The molecule has 3 aromatic rings. The van der Waals surface area contributed by atoms with Crippen LogP contribution in [-0.2, 0) is 12.8 Å². The van der Waals surface area contributed by atoms with Crippen molar-refractivity contribution in [3.63, 3.8) is 0 Å². The first-order chi connectivity index (χ1) is 9.42. The molecule has 0 aliphatic rings. The molecule has 94 valence electrons. The van der Waals surface area contributed by atoms with Gasteiger partial charge in [-0.2, -0.15) is 0 Å². The summed E-state index contributed by atoms with van der Waals surface area (Å²) in [5, 5.41) is 1.24. The highest BCUT2D eigenvalue weighted by Gasteiger charge is 1.98. The zero-order chi connectivity index (χ0) is 12.9. The highest BCUT2D eigenvalue weighted by atomic mass is 14.6. The fraction of sp³-hybridized carbons (Fsp3) is 0.167. The van der Waals surface area contributed by atoms with E-state index in [2.05, 4.69) is 59.6 Å². The van der Waals surface area contributed by atoms with Gasteiger partial charge in [0.25, 0.3) is 0 Å². The maximum atomic E-state index is 4.51.